The molecule has 2 aromatic rings. The number of pyridine rings is 1. The van der Waals surface area contributed by atoms with Crippen LogP contribution in [0.25, 0.3) is 0 Å². The summed E-state index contributed by atoms with van der Waals surface area (Å²) in [7, 11) is 3.37. The van der Waals surface area contributed by atoms with Crippen molar-refractivity contribution in [1.82, 2.24) is 9.88 Å². The molecule has 0 saturated carbocycles. The minimum Gasteiger partial charge on any atom is -0.496 e. The SMILES string of the molecule is COc1ccccc1CN=C(N)NCc1ccc(C)n(C)c1=O.I. The number of aryl methyl sites for hydroxylation is 1. The number of ether oxygens (including phenoxy) is 1. The molecule has 24 heavy (non-hydrogen) atoms. The second-order valence-electron chi connectivity index (χ2n) is 5.23. The van der Waals surface area contributed by atoms with Crippen LogP contribution in [0.3, 0.4) is 0 Å². The molecular weight excluding hydrogens is 419 g/mol. The molecule has 0 radical (unpaired) electrons. The van der Waals surface area contributed by atoms with Gasteiger partial charge in [0, 0.05) is 30.4 Å². The predicted molar refractivity (Wildman–Crippen MR) is 107 cm³/mol. The van der Waals surface area contributed by atoms with Gasteiger partial charge in [-0.25, -0.2) is 4.99 Å². The Kier molecular flexibility index (Phi) is 7.76. The zero-order valence-corrected chi connectivity index (χ0v) is 16.4. The lowest BCUT2D eigenvalue weighted by Gasteiger charge is -2.09. The molecule has 0 spiro atoms. The summed E-state index contributed by atoms with van der Waals surface area (Å²) in [6.45, 7) is 2.64. The zero-order valence-electron chi connectivity index (χ0n) is 14.1. The first-order valence-electron chi connectivity index (χ1n) is 7.34. The van der Waals surface area contributed by atoms with Gasteiger partial charge in [-0.1, -0.05) is 24.3 Å². The van der Waals surface area contributed by atoms with Gasteiger partial charge in [0.2, 0.25) is 0 Å². The van der Waals surface area contributed by atoms with Gasteiger partial charge >= 0.3 is 0 Å². The Morgan fingerprint density at radius 2 is 1.96 bits per heavy atom. The molecule has 1 aromatic carbocycles. The van der Waals surface area contributed by atoms with E-state index in [1.807, 2.05) is 37.3 Å². The van der Waals surface area contributed by atoms with Gasteiger partial charge in [0.25, 0.3) is 5.56 Å². The van der Waals surface area contributed by atoms with Crippen LogP contribution in [-0.2, 0) is 20.1 Å². The third-order valence-electron chi connectivity index (χ3n) is 3.71. The van der Waals surface area contributed by atoms with Gasteiger partial charge in [-0.05, 0) is 19.1 Å². The largest absolute Gasteiger partial charge is 0.496 e. The summed E-state index contributed by atoms with van der Waals surface area (Å²) < 4.78 is 6.88. The number of para-hydroxylation sites is 1. The van der Waals surface area contributed by atoms with Crippen molar-refractivity contribution in [3.05, 3.63) is 63.6 Å². The van der Waals surface area contributed by atoms with E-state index in [0.717, 1.165) is 17.0 Å². The number of nitrogens with two attached hydrogens (primary N) is 1. The molecule has 0 aliphatic carbocycles. The van der Waals surface area contributed by atoms with Crippen molar-refractivity contribution in [2.45, 2.75) is 20.0 Å². The highest BCUT2D eigenvalue weighted by atomic mass is 127. The van der Waals surface area contributed by atoms with Crippen molar-refractivity contribution < 1.29 is 4.74 Å². The molecule has 6 nitrogen and oxygen atoms in total. The molecule has 1 heterocycles. The predicted octanol–water partition coefficient (Wildman–Crippen LogP) is 1.92. The molecule has 130 valence electrons. The van der Waals surface area contributed by atoms with Crippen molar-refractivity contribution >= 4 is 29.9 Å². The van der Waals surface area contributed by atoms with E-state index in [1.54, 1.807) is 24.8 Å². The van der Waals surface area contributed by atoms with E-state index in [4.69, 9.17) is 10.5 Å². The Morgan fingerprint density at radius 1 is 1.25 bits per heavy atom. The van der Waals surface area contributed by atoms with E-state index in [9.17, 15) is 4.79 Å². The summed E-state index contributed by atoms with van der Waals surface area (Å²) in [6.07, 6.45) is 0. The Morgan fingerprint density at radius 3 is 2.67 bits per heavy atom. The van der Waals surface area contributed by atoms with Gasteiger partial charge in [-0.3, -0.25) is 4.79 Å². The lowest BCUT2D eigenvalue weighted by atomic mass is 10.2. The number of benzene rings is 1. The minimum atomic E-state index is -0.0324. The van der Waals surface area contributed by atoms with Crippen LogP contribution >= 0.6 is 24.0 Å². The molecule has 0 atom stereocenters. The number of aliphatic imine (C=N–C) groups is 1. The minimum absolute atomic E-state index is 0. The molecule has 0 saturated heterocycles. The molecule has 0 aliphatic heterocycles. The van der Waals surface area contributed by atoms with Crippen LogP contribution in [0.4, 0.5) is 0 Å². The summed E-state index contributed by atoms with van der Waals surface area (Å²) in [5.74, 6) is 1.06. The molecule has 2 rings (SSSR count). The third kappa shape index (κ3) is 4.98. The molecule has 0 fully saturated rings. The van der Waals surface area contributed by atoms with E-state index >= 15 is 0 Å². The number of hydrogen-bond acceptors (Lipinski definition) is 3. The molecule has 1 aromatic heterocycles. The molecular formula is C17H23IN4O2. The molecule has 7 heteroatoms. The number of rotatable bonds is 5. The summed E-state index contributed by atoms with van der Waals surface area (Å²) in [4.78, 5) is 16.4. The Balaban J connectivity index is 0.00000288. The molecule has 0 aliphatic rings. The van der Waals surface area contributed by atoms with E-state index in [-0.39, 0.29) is 29.5 Å². The number of halogens is 1. The van der Waals surface area contributed by atoms with Gasteiger partial charge in [0.05, 0.1) is 13.7 Å². The maximum atomic E-state index is 12.1. The Hall–Kier alpha value is -2.03. The van der Waals surface area contributed by atoms with Gasteiger partial charge in [0.1, 0.15) is 5.75 Å². The molecule has 0 unspecified atom stereocenters. The third-order valence-corrected chi connectivity index (χ3v) is 3.71. The quantitative estimate of drug-likeness (QED) is 0.421. The normalized spacial score (nSPS) is 10.9. The van der Waals surface area contributed by atoms with Gasteiger partial charge in [-0.2, -0.15) is 0 Å². The molecule has 0 amide bonds. The van der Waals surface area contributed by atoms with Crippen molar-refractivity contribution in [2.75, 3.05) is 7.11 Å². The summed E-state index contributed by atoms with van der Waals surface area (Å²) in [6, 6.07) is 11.3. The second kappa shape index (κ2) is 9.31. The Labute approximate surface area is 158 Å². The van der Waals surface area contributed by atoms with Gasteiger partial charge in [0.15, 0.2) is 5.96 Å². The van der Waals surface area contributed by atoms with E-state index in [2.05, 4.69) is 10.3 Å². The van der Waals surface area contributed by atoms with Crippen LogP contribution < -0.4 is 21.3 Å². The van der Waals surface area contributed by atoms with E-state index < -0.39 is 0 Å². The van der Waals surface area contributed by atoms with Crippen LogP contribution in [0.1, 0.15) is 16.8 Å². The van der Waals surface area contributed by atoms with Crippen molar-refractivity contribution in [3.63, 3.8) is 0 Å². The van der Waals surface area contributed by atoms with Crippen LogP contribution in [0, 0.1) is 6.92 Å². The fourth-order valence-corrected chi connectivity index (χ4v) is 2.16. The first-order chi connectivity index (χ1) is 11.0. The van der Waals surface area contributed by atoms with Gasteiger partial charge in [-0.15, -0.1) is 24.0 Å². The lowest BCUT2D eigenvalue weighted by molar-refractivity contribution is 0.410. The highest BCUT2D eigenvalue weighted by molar-refractivity contribution is 14.0. The van der Waals surface area contributed by atoms with Crippen molar-refractivity contribution in [2.24, 2.45) is 17.8 Å². The second-order valence-corrected chi connectivity index (χ2v) is 5.23. The van der Waals surface area contributed by atoms with E-state index in [0.29, 0.717) is 24.6 Å². The highest BCUT2D eigenvalue weighted by Gasteiger charge is 2.04. The van der Waals surface area contributed by atoms with Gasteiger partial charge < -0.3 is 20.4 Å². The van der Waals surface area contributed by atoms with Crippen LogP contribution in [0.2, 0.25) is 0 Å². The first kappa shape index (κ1) is 20.0. The maximum absolute atomic E-state index is 12.1. The fraction of sp³-hybridized carbons (Fsp3) is 0.294. The summed E-state index contributed by atoms with van der Waals surface area (Å²) >= 11 is 0. The number of guanidine groups is 1. The highest BCUT2D eigenvalue weighted by Crippen LogP contribution is 2.17. The first-order valence-corrected chi connectivity index (χ1v) is 7.34. The van der Waals surface area contributed by atoms with Crippen LogP contribution in [0.15, 0.2) is 46.2 Å². The standard InChI is InChI=1S/C17H22N4O2.HI/c1-12-8-9-14(16(22)21(12)2)11-20-17(18)19-10-13-6-4-5-7-15(13)23-3;/h4-9H,10-11H2,1-3H3,(H3,18,19,20);1H. The lowest BCUT2D eigenvalue weighted by Crippen LogP contribution is -2.34. The van der Waals surface area contributed by atoms with Crippen molar-refractivity contribution in [1.29, 1.82) is 0 Å². The van der Waals surface area contributed by atoms with Crippen molar-refractivity contribution in [3.8, 4) is 5.75 Å². The molecule has 3 N–H and O–H groups in total. The smallest absolute Gasteiger partial charge is 0.255 e. The number of aromatic nitrogens is 1. The average molecular weight is 442 g/mol. The Bertz CT molecular complexity index is 771. The number of nitrogens with one attached hydrogen (secondary N) is 1. The molecule has 0 bridgehead atoms. The topological polar surface area (TPSA) is 81.6 Å². The van der Waals surface area contributed by atoms with Crippen LogP contribution in [0.5, 0.6) is 5.75 Å². The number of hydrogen-bond donors (Lipinski definition) is 2. The fourth-order valence-electron chi connectivity index (χ4n) is 2.16. The monoisotopic (exact) mass is 442 g/mol. The zero-order chi connectivity index (χ0) is 16.8. The number of nitrogens with zero attached hydrogens (tertiary/aromatic N) is 2. The maximum Gasteiger partial charge on any atom is 0.255 e. The summed E-state index contributed by atoms with van der Waals surface area (Å²) in [5, 5.41) is 2.97. The number of methoxy groups -OCH3 is 1. The average Bonchev–Trinajstić information content (AvgIpc) is 2.57. The summed E-state index contributed by atoms with van der Waals surface area (Å²) in [5.41, 5.74) is 8.35. The van der Waals surface area contributed by atoms with E-state index in [1.165, 1.54) is 0 Å². The van der Waals surface area contributed by atoms with Crippen LogP contribution in [-0.4, -0.2) is 17.6 Å².